The molecule has 0 bridgehead atoms. The van der Waals surface area contributed by atoms with Gasteiger partial charge in [-0.1, -0.05) is 26.8 Å². The van der Waals surface area contributed by atoms with E-state index in [4.69, 9.17) is 4.74 Å². The molecule has 0 fully saturated rings. The van der Waals surface area contributed by atoms with Crippen LogP contribution < -0.4 is 10.5 Å². The van der Waals surface area contributed by atoms with Crippen molar-refractivity contribution in [3.63, 3.8) is 0 Å². The van der Waals surface area contributed by atoms with Gasteiger partial charge in [0.2, 0.25) is 0 Å². The summed E-state index contributed by atoms with van der Waals surface area (Å²) in [6, 6.07) is 5.24. The molecule has 0 atom stereocenters. The molecule has 1 N–H and O–H groups in total. The van der Waals surface area contributed by atoms with Gasteiger partial charge in [0.15, 0.2) is 9.84 Å². The number of aromatic amines is 1. The lowest BCUT2D eigenvalue weighted by molar-refractivity contribution is 0.112. The Balaban J connectivity index is 1.93. The van der Waals surface area contributed by atoms with E-state index in [-0.39, 0.29) is 29.9 Å². The number of ether oxygens (including phenoxy) is 1. The summed E-state index contributed by atoms with van der Waals surface area (Å²) in [5.41, 5.74) is 3.53. The number of carbonyl (C=O) groups is 1. The van der Waals surface area contributed by atoms with Gasteiger partial charge in [-0.2, -0.15) is 0 Å². The normalized spacial score (nSPS) is 13.7. The van der Waals surface area contributed by atoms with Gasteiger partial charge in [0.1, 0.15) is 5.52 Å². The fraction of sp³-hybridized carbons (Fsp3) is 0.391. The lowest BCUT2D eigenvalue weighted by Gasteiger charge is -2.25. The highest BCUT2D eigenvalue weighted by Gasteiger charge is 2.29. The lowest BCUT2D eigenvalue weighted by atomic mass is 9.99. The topological polar surface area (TPSA) is 101 Å². The molecule has 1 aromatic carbocycles. The molecule has 32 heavy (non-hydrogen) atoms. The Labute approximate surface area is 186 Å². The average Bonchev–Trinajstić information content (AvgIpc) is 3.04. The van der Waals surface area contributed by atoms with Crippen LogP contribution in [-0.4, -0.2) is 36.9 Å². The van der Waals surface area contributed by atoms with Crippen molar-refractivity contribution in [2.75, 3.05) is 17.8 Å². The molecule has 1 aliphatic rings. The maximum atomic E-state index is 13.1. The van der Waals surface area contributed by atoms with Crippen molar-refractivity contribution in [2.24, 2.45) is 12.5 Å². The fourth-order valence-corrected chi connectivity index (χ4v) is 4.75. The predicted octanol–water partition coefficient (Wildman–Crippen LogP) is 3.58. The van der Waals surface area contributed by atoms with Crippen molar-refractivity contribution >= 4 is 32.5 Å². The van der Waals surface area contributed by atoms with E-state index in [0.717, 1.165) is 16.5 Å². The molecule has 0 saturated heterocycles. The van der Waals surface area contributed by atoms with Crippen LogP contribution in [0.15, 0.2) is 35.4 Å². The third-order valence-corrected chi connectivity index (χ3v) is 6.19. The van der Waals surface area contributed by atoms with Gasteiger partial charge in [0, 0.05) is 42.2 Å². The zero-order valence-corrected chi connectivity index (χ0v) is 19.7. The van der Waals surface area contributed by atoms with Crippen molar-refractivity contribution < 1.29 is 17.9 Å². The minimum Gasteiger partial charge on any atom is -0.449 e. The second-order valence-electron chi connectivity index (χ2n) is 9.65. The zero-order chi connectivity index (χ0) is 23.4. The molecule has 0 aliphatic carbocycles. The highest BCUT2D eigenvalue weighted by Crippen LogP contribution is 2.41. The molecular weight excluding hydrogens is 430 g/mol. The first-order chi connectivity index (χ1) is 14.8. The molecule has 8 nitrogen and oxygen atoms in total. The van der Waals surface area contributed by atoms with Crippen molar-refractivity contribution in [3.05, 3.63) is 52.1 Å². The van der Waals surface area contributed by atoms with Crippen LogP contribution in [0.25, 0.3) is 22.0 Å². The first kappa shape index (κ1) is 22.1. The molecule has 0 unspecified atom stereocenters. The van der Waals surface area contributed by atoms with E-state index in [9.17, 15) is 18.0 Å². The molecule has 2 aromatic heterocycles. The smallest absolute Gasteiger partial charge is 0.414 e. The van der Waals surface area contributed by atoms with E-state index in [1.54, 1.807) is 42.5 Å². The third-order valence-electron chi connectivity index (χ3n) is 5.34. The molecule has 170 valence electrons. The number of pyridine rings is 1. The van der Waals surface area contributed by atoms with E-state index >= 15 is 0 Å². The molecule has 3 heterocycles. The van der Waals surface area contributed by atoms with Gasteiger partial charge in [0.05, 0.1) is 24.6 Å². The molecule has 4 rings (SSSR count). The monoisotopic (exact) mass is 457 g/mol. The number of nitrogens with zero attached hydrogens (tertiary/aromatic N) is 2. The first-order valence-electron chi connectivity index (χ1n) is 10.3. The summed E-state index contributed by atoms with van der Waals surface area (Å²) >= 11 is 0. The summed E-state index contributed by atoms with van der Waals surface area (Å²) in [7, 11) is -1.58. The van der Waals surface area contributed by atoms with E-state index in [1.807, 2.05) is 20.8 Å². The summed E-state index contributed by atoms with van der Waals surface area (Å²) in [4.78, 5) is 30.4. The van der Waals surface area contributed by atoms with E-state index < -0.39 is 15.9 Å². The molecule has 0 saturated carbocycles. The Bertz CT molecular complexity index is 1390. The van der Waals surface area contributed by atoms with Crippen LogP contribution in [0, 0.1) is 5.41 Å². The Morgan fingerprint density at radius 1 is 1.22 bits per heavy atom. The third kappa shape index (κ3) is 4.17. The number of amides is 1. The molecule has 1 aliphatic heterocycles. The number of aromatic nitrogens is 2. The zero-order valence-electron chi connectivity index (χ0n) is 18.9. The minimum atomic E-state index is -3.25. The average molecular weight is 458 g/mol. The number of anilines is 1. The van der Waals surface area contributed by atoms with Gasteiger partial charge < -0.3 is 14.3 Å². The summed E-state index contributed by atoms with van der Waals surface area (Å²) in [5.74, 6) is -0.121. The number of nitrogens with one attached hydrogen (secondary N) is 1. The van der Waals surface area contributed by atoms with Gasteiger partial charge in [-0.3, -0.25) is 9.69 Å². The van der Waals surface area contributed by atoms with Gasteiger partial charge in [-0.05, 0) is 28.7 Å². The number of aryl methyl sites for hydroxylation is 1. The number of hydrogen-bond donors (Lipinski definition) is 1. The number of benzene rings is 1. The van der Waals surface area contributed by atoms with Crippen molar-refractivity contribution in [2.45, 2.75) is 33.1 Å². The Morgan fingerprint density at radius 3 is 2.59 bits per heavy atom. The predicted molar refractivity (Wildman–Crippen MR) is 125 cm³/mol. The van der Waals surface area contributed by atoms with Gasteiger partial charge in [0.25, 0.3) is 5.56 Å². The van der Waals surface area contributed by atoms with Crippen LogP contribution in [0.1, 0.15) is 31.9 Å². The largest absolute Gasteiger partial charge is 0.449 e. The SMILES string of the molecule is Cn1cc2c3c(c[nH]c3c1=O)CN(C(=O)OCC(C)(C)C)c1ccc(CS(C)(=O)=O)cc1-2. The Hall–Kier alpha value is -3.07. The minimum absolute atomic E-state index is 0.121. The first-order valence-corrected chi connectivity index (χ1v) is 12.3. The highest BCUT2D eigenvalue weighted by molar-refractivity contribution is 7.89. The number of carbonyl (C=O) groups excluding carboxylic acids is 1. The molecule has 9 heteroatoms. The van der Waals surface area contributed by atoms with Crippen LogP contribution in [0.3, 0.4) is 0 Å². The van der Waals surface area contributed by atoms with Crippen molar-refractivity contribution in [3.8, 4) is 11.1 Å². The molecular formula is C23H27N3O5S. The molecule has 1 amide bonds. The molecule has 0 radical (unpaired) electrons. The summed E-state index contributed by atoms with van der Waals surface area (Å²) in [5, 5.41) is 0.733. The second kappa shape index (κ2) is 7.51. The van der Waals surface area contributed by atoms with Crippen LogP contribution in [0.4, 0.5) is 10.5 Å². The highest BCUT2D eigenvalue weighted by atomic mass is 32.2. The number of hydrogen-bond acceptors (Lipinski definition) is 5. The lowest BCUT2D eigenvalue weighted by Crippen LogP contribution is -2.33. The number of sulfone groups is 1. The van der Waals surface area contributed by atoms with Crippen molar-refractivity contribution in [1.29, 1.82) is 0 Å². The number of rotatable bonds is 3. The maximum absolute atomic E-state index is 13.1. The Kier molecular flexibility index (Phi) is 5.20. The summed E-state index contributed by atoms with van der Waals surface area (Å²) in [6.45, 7) is 6.42. The summed E-state index contributed by atoms with van der Waals surface area (Å²) < 4.78 is 30.9. The number of H-pyrrole nitrogens is 1. The van der Waals surface area contributed by atoms with Crippen LogP contribution in [0.2, 0.25) is 0 Å². The Morgan fingerprint density at radius 2 is 1.94 bits per heavy atom. The molecule has 0 spiro atoms. The quantitative estimate of drug-likeness (QED) is 0.648. The summed E-state index contributed by atoms with van der Waals surface area (Å²) in [6.07, 6.45) is 4.16. The number of fused-ring (bicyclic) bond motifs is 2. The van der Waals surface area contributed by atoms with E-state index in [1.165, 1.54) is 10.8 Å². The standard InChI is InChI=1S/C23H27N3O5S/c1-23(2,3)13-31-22(28)26-10-15-9-24-20-19(15)17(11-25(4)21(20)27)16-8-14(6-7-18(16)26)12-32(5,29)30/h6-9,11,24H,10,12-13H2,1-5H3. The fourth-order valence-electron chi connectivity index (χ4n) is 3.96. The van der Waals surface area contributed by atoms with E-state index in [0.29, 0.717) is 22.3 Å². The van der Waals surface area contributed by atoms with Crippen LogP contribution in [-0.2, 0) is 33.9 Å². The maximum Gasteiger partial charge on any atom is 0.414 e. The molecule has 3 aromatic rings. The van der Waals surface area contributed by atoms with E-state index in [2.05, 4.69) is 4.98 Å². The van der Waals surface area contributed by atoms with Crippen molar-refractivity contribution in [1.82, 2.24) is 9.55 Å². The van der Waals surface area contributed by atoms with Crippen LogP contribution in [0.5, 0.6) is 0 Å². The van der Waals surface area contributed by atoms with Gasteiger partial charge >= 0.3 is 6.09 Å². The van der Waals surface area contributed by atoms with Gasteiger partial charge in [-0.25, -0.2) is 13.2 Å². The van der Waals surface area contributed by atoms with Crippen LogP contribution >= 0.6 is 0 Å². The second-order valence-corrected chi connectivity index (χ2v) is 11.8. The van der Waals surface area contributed by atoms with Gasteiger partial charge in [-0.15, -0.1) is 0 Å².